The number of hydrogen-bond donors (Lipinski definition) is 0. The molecule has 28 heavy (non-hydrogen) atoms. The fourth-order valence-corrected chi connectivity index (χ4v) is 4.68. The first-order valence-corrected chi connectivity index (χ1v) is 9.91. The number of likely N-dealkylation sites (tertiary alicyclic amines) is 1. The fourth-order valence-electron chi connectivity index (χ4n) is 4.47. The van der Waals surface area contributed by atoms with E-state index >= 15 is 0 Å². The molecule has 0 saturated carbocycles. The lowest BCUT2D eigenvalue weighted by Crippen LogP contribution is -2.49. The van der Waals surface area contributed by atoms with Crippen molar-refractivity contribution in [2.45, 2.75) is 25.2 Å². The van der Waals surface area contributed by atoms with E-state index in [2.05, 4.69) is 20.5 Å². The average Bonchev–Trinajstić information content (AvgIpc) is 3.33. The summed E-state index contributed by atoms with van der Waals surface area (Å²) in [6.07, 6.45) is 3.82. The molecule has 2 aliphatic rings. The number of fused-ring (bicyclic) bond motifs is 3. The van der Waals surface area contributed by atoms with Gasteiger partial charge in [-0.1, -0.05) is 29.8 Å². The molecule has 6 heteroatoms. The molecular formula is C22H21ClN4O. The molecule has 0 aliphatic carbocycles. The lowest BCUT2D eigenvalue weighted by Gasteiger charge is -2.38. The van der Waals surface area contributed by atoms with Gasteiger partial charge in [-0.2, -0.15) is 0 Å². The first-order valence-electron chi connectivity index (χ1n) is 9.53. The molecule has 0 spiro atoms. The Morgan fingerprint density at radius 3 is 2.71 bits per heavy atom. The van der Waals surface area contributed by atoms with Gasteiger partial charge in [0.25, 0.3) is 5.91 Å². The molecule has 2 aromatic heterocycles. The second-order valence-corrected chi connectivity index (χ2v) is 7.95. The minimum absolute atomic E-state index is 0.0847. The molecule has 1 saturated heterocycles. The predicted molar refractivity (Wildman–Crippen MR) is 108 cm³/mol. The van der Waals surface area contributed by atoms with Crippen LogP contribution in [0.25, 0.3) is 0 Å². The second kappa shape index (κ2) is 7.08. The van der Waals surface area contributed by atoms with Gasteiger partial charge in [-0.05, 0) is 42.0 Å². The maximum absolute atomic E-state index is 13.2. The zero-order chi connectivity index (χ0) is 19.1. The van der Waals surface area contributed by atoms with E-state index in [1.54, 1.807) is 6.20 Å². The van der Waals surface area contributed by atoms with E-state index < -0.39 is 0 Å². The molecule has 0 bridgehead atoms. The highest BCUT2D eigenvalue weighted by Gasteiger charge is 2.44. The van der Waals surface area contributed by atoms with Crippen LogP contribution in [0.2, 0.25) is 5.02 Å². The lowest BCUT2D eigenvalue weighted by atomic mass is 10.1. The average molecular weight is 393 g/mol. The summed E-state index contributed by atoms with van der Waals surface area (Å²) in [4.78, 5) is 22.0. The zero-order valence-corrected chi connectivity index (χ0v) is 16.2. The Kier molecular flexibility index (Phi) is 4.41. The summed E-state index contributed by atoms with van der Waals surface area (Å²) in [5, 5.41) is 0.758. The van der Waals surface area contributed by atoms with Crippen LogP contribution >= 0.6 is 11.6 Å². The van der Waals surface area contributed by atoms with Crippen LogP contribution < -0.4 is 0 Å². The van der Waals surface area contributed by atoms with Crippen LogP contribution in [0.15, 0.2) is 67.0 Å². The number of hydrogen-bond acceptors (Lipinski definition) is 3. The van der Waals surface area contributed by atoms with Crippen molar-refractivity contribution in [1.82, 2.24) is 19.4 Å². The lowest BCUT2D eigenvalue weighted by molar-refractivity contribution is 0.0553. The van der Waals surface area contributed by atoms with Gasteiger partial charge in [0.05, 0.1) is 24.3 Å². The summed E-state index contributed by atoms with van der Waals surface area (Å²) < 4.78 is 2.15. The maximum atomic E-state index is 13.2. The Morgan fingerprint density at radius 1 is 1.00 bits per heavy atom. The first kappa shape index (κ1) is 17.5. The van der Waals surface area contributed by atoms with E-state index in [4.69, 9.17) is 11.6 Å². The summed E-state index contributed by atoms with van der Waals surface area (Å²) >= 11 is 6.15. The quantitative estimate of drug-likeness (QED) is 0.681. The topological polar surface area (TPSA) is 41.4 Å². The Bertz CT molecular complexity index is 1000. The standard InChI is InChI=1S/C22H21ClN4O/c23-17-6-3-5-16(11-17)12-25-14-20-21(15-25)27(13-18-7-1-2-9-24-18)22(28)19-8-4-10-26(19)20/h1-11,20-21H,12-15H2/t20-,21+/m1/s1. The van der Waals surface area contributed by atoms with Gasteiger partial charge < -0.3 is 9.47 Å². The van der Waals surface area contributed by atoms with Crippen LogP contribution in [0.3, 0.4) is 0 Å². The number of halogens is 1. The minimum atomic E-state index is 0.0847. The zero-order valence-electron chi connectivity index (χ0n) is 15.4. The summed E-state index contributed by atoms with van der Waals surface area (Å²) in [5.74, 6) is 0.0847. The van der Waals surface area contributed by atoms with Crippen LogP contribution in [0.5, 0.6) is 0 Å². The summed E-state index contributed by atoms with van der Waals surface area (Å²) in [6.45, 7) is 3.12. The van der Waals surface area contributed by atoms with Crippen molar-refractivity contribution in [2.24, 2.45) is 0 Å². The molecule has 1 amide bonds. The van der Waals surface area contributed by atoms with Crippen molar-refractivity contribution in [3.8, 4) is 0 Å². The van der Waals surface area contributed by atoms with E-state index in [1.807, 2.05) is 59.6 Å². The van der Waals surface area contributed by atoms with Crippen molar-refractivity contribution in [3.05, 3.63) is 89.0 Å². The minimum Gasteiger partial charge on any atom is -0.337 e. The number of benzene rings is 1. The molecule has 3 aromatic rings. The van der Waals surface area contributed by atoms with Gasteiger partial charge in [-0.25, -0.2) is 0 Å². The second-order valence-electron chi connectivity index (χ2n) is 7.51. The number of pyridine rings is 1. The molecule has 142 valence electrons. The number of rotatable bonds is 4. The molecule has 1 aromatic carbocycles. The van der Waals surface area contributed by atoms with Crippen molar-refractivity contribution < 1.29 is 4.79 Å². The Labute approximate surface area is 169 Å². The van der Waals surface area contributed by atoms with Gasteiger partial charge in [0.1, 0.15) is 5.69 Å². The number of carbonyl (C=O) groups excluding carboxylic acids is 1. The predicted octanol–water partition coefficient (Wildman–Crippen LogP) is 3.62. The van der Waals surface area contributed by atoms with Gasteiger partial charge in [-0.15, -0.1) is 0 Å². The third-order valence-corrected chi connectivity index (χ3v) is 5.94. The molecule has 2 atom stereocenters. The highest BCUT2D eigenvalue weighted by atomic mass is 35.5. The molecule has 5 nitrogen and oxygen atoms in total. The summed E-state index contributed by atoms with van der Waals surface area (Å²) in [7, 11) is 0. The molecule has 4 heterocycles. The van der Waals surface area contributed by atoms with Gasteiger partial charge >= 0.3 is 0 Å². The van der Waals surface area contributed by atoms with Crippen LogP contribution in [0.1, 0.15) is 27.8 Å². The summed E-state index contributed by atoms with van der Waals surface area (Å²) in [5.41, 5.74) is 2.88. The van der Waals surface area contributed by atoms with Gasteiger partial charge in [0, 0.05) is 37.1 Å². The first-order chi connectivity index (χ1) is 13.7. The molecule has 2 aliphatic heterocycles. The van der Waals surface area contributed by atoms with Gasteiger partial charge in [0.15, 0.2) is 0 Å². The van der Waals surface area contributed by atoms with E-state index in [1.165, 1.54) is 5.56 Å². The molecule has 0 N–H and O–H groups in total. The third-order valence-electron chi connectivity index (χ3n) is 5.70. The largest absolute Gasteiger partial charge is 0.337 e. The third kappa shape index (κ3) is 3.11. The van der Waals surface area contributed by atoms with Crippen molar-refractivity contribution in [3.63, 3.8) is 0 Å². The van der Waals surface area contributed by atoms with Crippen LogP contribution in [-0.2, 0) is 13.1 Å². The number of carbonyl (C=O) groups is 1. The molecule has 0 radical (unpaired) electrons. The smallest absolute Gasteiger partial charge is 0.271 e. The molecule has 5 rings (SSSR count). The number of amides is 1. The van der Waals surface area contributed by atoms with Crippen molar-refractivity contribution in [1.29, 1.82) is 0 Å². The Balaban J connectivity index is 1.43. The normalized spacial score (nSPS) is 21.6. The van der Waals surface area contributed by atoms with Crippen molar-refractivity contribution in [2.75, 3.05) is 13.1 Å². The van der Waals surface area contributed by atoms with Crippen LogP contribution in [-0.4, -0.2) is 44.4 Å². The summed E-state index contributed by atoms with van der Waals surface area (Å²) in [6, 6.07) is 18.1. The molecule has 0 unspecified atom stereocenters. The maximum Gasteiger partial charge on any atom is 0.271 e. The highest BCUT2D eigenvalue weighted by Crippen LogP contribution is 2.35. The molecule has 1 fully saturated rings. The Hall–Kier alpha value is -2.63. The fraction of sp³-hybridized carbons (Fsp3) is 0.273. The van der Waals surface area contributed by atoms with Crippen LogP contribution in [0.4, 0.5) is 0 Å². The van der Waals surface area contributed by atoms with Crippen molar-refractivity contribution >= 4 is 17.5 Å². The van der Waals surface area contributed by atoms with E-state index in [-0.39, 0.29) is 18.0 Å². The van der Waals surface area contributed by atoms with E-state index in [0.717, 1.165) is 36.0 Å². The van der Waals surface area contributed by atoms with Crippen LogP contribution in [0, 0.1) is 0 Å². The SMILES string of the molecule is O=C1c2cccn2[C@@H]2CN(Cc3cccc(Cl)c3)C[C@@H]2N1Cc1ccccn1. The van der Waals surface area contributed by atoms with Gasteiger partial charge in [0.2, 0.25) is 0 Å². The molecular weight excluding hydrogens is 372 g/mol. The number of nitrogens with zero attached hydrogens (tertiary/aromatic N) is 4. The number of aromatic nitrogens is 2. The van der Waals surface area contributed by atoms with Gasteiger partial charge in [-0.3, -0.25) is 14.7 Å². The Morgan fingerprint density at radius 2 is 1.89 bits per heavy atom. The van der Waals surface area contributed by atoms with E-state index in [9.17, 15) is 4.79 Å². The van der Waals surface area contributed by atoms with E-state index in [0.29, 0.717) is 6.54 Å². The monoisotopic (exact) mass is 392 g/mol. The highest BCUT2D eigenvalue weighted by molar-refractivity contribution is 6.30.